The van der Waals surface area contributed by atoms with Gasteiger partial charge in [-0.1, -0.05) is 0 Å². The number of hydrogen-bond acceptors (Lipinski definition) is 2. The first-order chi connectivity index (χ1) is 7.77. The Morgan fingerprint density at radius 3 is 2.94 bits per heavy atom. The average Bonchev–Trinajstić information content (AvgIpc) is 2.56. The molecule has 0 aliphatic heterocycles. The molecule has 1 saturated carbocycles. The molecule has 0 aromatic carbocycles. The Balaban J connectivity index is 2.23. The summed E-state index contributed by atoms with van der Waals surface area (Å²) in [7, 11) is 0. The van der Waals surface area contributed by atoms with E-state index in [-0.39, 0.29) is 5.38 Å². The van der Waals surface area contributed by atoms with Crippen molar-refractivity contribution in [1.82, 2.24) is 14.5 Å². The summed E-state index contributed by atoms with van der Waals surface area (Å²) < 4.78 is 2.30. The summed E-state index contributed by atoms with van der Waals surface area (Å²) in [4.78, 5) is 8.69. The maximum absolute atomic E-state index is 6.20. The molecule has 0 saturated heterocycles. The molecule has 0 radical (unpaired) electrons. The van der Waals surface area contributed by atoms with Crippen LogP contribution in [-0.4, -0.2) is 14.5 Å². The normalized spacial score (nSPS) is 18.6. The van der Waals surface area contributed by atoms with Crippen molar-refractivity contribution in [3.05, 3.63) is 24.3 Å². The van der Waals surface area contributed by atoms with Gasteiger partial charge in [0.05, 0.1) is 17.1 Å². The van der Waals surface area contributed by atoms with E-state index in [4.69, 9.17) is 11.6 Å². The van der Waals surface area contributed by atoms with E-state index in [1.54, 1.807) is 0 Å². The number of rotatable bonds is 2. The molecule has 2 heterocycles. The zero-order chi connectivity index (χ0) is 11.1. The third-order valence-corrected chi connectivity index (χ3v) is 3.51. The standard InChI is InChI=1S/C12H14ClN3/c1-8(13)12-15-10-7-14-6-5-11(10)16(12)9-3-2-4-9/h5-9H,2-4H2,1H3. The third-order valence-electron chi connectivity index (χ3n) is 3.31. The number of halogens is 1. The van der Waals surface area contributed by atoms with E-state index < -0.39 is 0 Å². The molecule has 4 heteroatoms. The Kier molecular flexibility index (Phi) is 2.36. The monoisotopic (exact) mass is 235 g/mol. The highest BCUT2D eigenvalue weighted by atomic mass is 35.5. The van der Waals surface area contributed by atoms with Crippen molar-refractivity contribution in [2.75, 3.05) is 0 Å². The highest BCUT2D eigenvalue weighted by Crippen LogP contribution is 2.37. The fourth-order valence-corrected chi connectivity index (χ4v) is 2.43. The van der Waals surface area contributed by atoms with E-state index in [0.29, 0.717) is 6.04 Å². The van der Waals surface area contributed by atoms with Crippen molar-refractivity contribution in [2.24, 2.45) is 0 Å². The Morgan fingerprint density at radius 2 is 2.31 bits per heavy atom. The van der Waals surface area contributed by atoms with Crippen molar-refractivity contribution in [3.8, 4) is 0 Å². The van der Waals surface area contributed by atoms with E-state index in [0.717, 1.165) is 11.3 Å². The van der Waals surface area contributed by atoms with Gasteiger partial charge in [0, 0.05) is 12.2 Å². The summed E-state index contributed by atoms with van der Waals surface area (Å²) in [6.45, 7) is 1.98. The third kappa shape index (κ3) is 1.42. The molecule has 3 rings (SSSR count). The summed E-state index contributed by atoms with van der Waals surface area (Å²) in [6, 6.07) is 2.62. The first-order valence-corrected chi connectivity index (χ1v) is 6.17. The number of fused-ring (bicyclic) bond motifs is 1. The maximum atomic E-state index is 6.20. The number of aromatic nitrogens is 3. The van der Waals surface area contributed by atoms with Gasteiger partial charge in [0.15, 0.2) is 0 Å². The topological polar surface area (TPSA) is 30.7 Å². The first kappa shape index (κ1) is 10.1. The SMILES string of the molecule is CC(Cl)c1nc2cnccc2n1C1CCC1. The van der Waals surface area contributed by atoms with E-state index in [1.165, 1.54) is 24.8 Å². The van der Waals surface area contributed by atoms with Crippen LogP contribution in [0.15, 0.2) is 18.5 Å². The lowest BCUT2D eigenvalue weighted by Gasteiger charge is -2.29. The van der Waals surface area contributed by atoms with E-state index in [9.17, 15) is 0 Å². The van der Waals surface area contributed by atoms with Gasteiger partial charge in [0.25, 0.3) is 0 Å². The van der Waals surface area contributed by atoms with Crippen molar-refractivity contribution in [1.29, 1.82) is 0 Å². The van der Waals surface area contributed by atoms with Crippen LogP contribution < -0.4 is 0 Å². The minimum absolute atomic E-state index is 0.0481. The van der Waals surface area contributed by atoms with Gasteiger partial charge in [-0.25, -0.2) is 4.98 Å². The zero-order valence-corrected chi connectivity index (χ0v) is 9.98. The van der Waals surface area contributed by atoms with Crippen LogP contribution in [0.3, 0.4) is 0 Å². The predicted octanol–water partition coefficient (Wildman–Crippen LogP) is 3.46. The number of alkyl halides is 1. The van der Waals surface area contributed by atoms with Crippen LogP contribution >= 0.6 is 11.6 Å². The lowest BCUT2D eigenvalue weighted by molar-refractivity contribution is 0.313. The second-order valence-corrected chi connectivity index (χ2v) is 5.06. The smallest absolute Gasteiger partial charge is 0.128 e. The van der Waals surface area contributed by atoms with Crippen LogP contribution in [0.5, 0.6) is 0 Å². The first-order valence-electron chi connectivity index (χ1n) is 5.73. The Labute approximate surface area is 99.5 Å². The summed E-state index contributed by atoms with van der Waals surface area (Å²) in [5, 5.41) is -0.0481. The van der Waals surface area contributed by atoms with Gasteiger partial charge in [-0.3, -0.25) is 4.98 Å². The van der Waals surface area contributed by atoms with E-state index >= 15 is 0 Å². The molecule has 84 valence electrons. The Bertz CT molecular complexity index is 514. The maximum Gasteiger partial charge on any atom is 0.128 e. The van der Waals surface area contributed by atoms with Gasteiger partial charge < -0.3 is 4.57 Å². The highest BCUT2D eigenvalue weighted by Gasteiger charge is 2.25. The molecule has 2 aromatic rings. The second-order valence-electron chi connectivity index (χ2n) is 4.41. The van der Waals surface area contributed by atoms with Gasteiger partial charge in [-0.05, 0) is 32.3 Å². The summed E-state index contributed by atoms with van der Waals surface area (Å²) >= 11 is 6.20. The molecule has 1 atom stereocenters. The molecular formula is C12H14ClN3. The Morgan fingerprint density at radius 1 is 1.50 bits per heavy atom. The lowest BCUT2D eigenvalue weighted by atomic mass is 9.92. The molecule has 1 aliphatic rings. The zero-order valence-electron chi connectivity index (χ0n) is 9.23. The molecule has 1 aliphatic carbocycles. The molecule has 1 unspecified atom stereocenters. The van der Waals surface area contributed by atoms with Crippen LogP contribution in [0.1, 0.15) is 43.4 Å². The fourth-order valence-electron chi connectivity index (χ4n) is 2.28. The number of pyridine rings is 1. The molecule has 16 heavy (non-hydrogen) atoms. The minimum Gasteiger partial charge on any atom is -0.324 e. The van der Waals surface area contributed by atoms with Crippen LogP contribution in [-0.2, 0) is 0 Å². The van der Waals surface area contributed by atoms with E-state index in [1.807, 2.05) is 25.4 Å². The summed E-state index contributed by atoms with van der Waals surface area (Å²) in [6.07, 6.45) is 7.43. The minimum atomic E-state index is -0.0481. The molecule has 0 spiro atoms. The fraction of sp³-hybridized carbons (Fsp3) is 0.500. The van der Waals surface area contributed by atoms with Crippen LogP contribution in [0.4, 0.5) is 0 Å². The number of hydrogen-bond donors (Lipinski definition) is 0. The number of nitrogens with zero attached hydrogens (tertiary/aromatic N) is 3. The molecule has 1 fully saturated rings. The van der Waals surface area contributed by atoms with Crippen molar-refractivity contribution < 1.29 is 0 Å². The van der Waals surface area contributed by atoms with Crippen molar-refractivity contribution >= 4 is 22.6 Å². The highest BCUT2D eigenvalue weighted by molar-refractivity contribution is 6.20. The molecule has 0 N–H and O–H groups in total. The number of imidazole rings is 1. The van der Waals surface area contributed by atoms with Crippen LogP contribution in [0.25, 0.3) is 11.0 Å². The largest absolute Gasteiger partial charge is 0.324 e. The summed E-state index contributed by atoms with van der Waals surface area (Å²) in [5.41, 5.74) is 2.12. The van der Waals surface area contributed by atoms with Crippen molar-refractivity contribution in [3.63, 3.8) is 0 Å². The van der Waals surface area contributed by atoms with Gasteiger partial charge >= 0.3 is 0 Å². The summed E-state index contributed by atoms with van der Waals surface area (Å²) in [5.74, 6) is 0.981. The molecule has 0 amide bonds. The predicted molar refractivity (Wildman–Crippen MR) is 64.7 cm³/mol. The molecule has 3 nitrogen and oxygen atoms in total. The molecular weight excluding hydrogens is 222 g/mol. The van der Waals surface area contributed by atoms with E-state index in [2.05, 4.69) is 14.5 Å². The van der Waals surface area contributed by atoms with Crippen LogP contribution in [0, 0.1) is 0 Å². The second kappa shape index (κ2) is 3.74. The van der Waals surface area contributed by atoms with Gasteiger partial charge in [0.1, 0.15) is 11.3 Å². The molecule has 0 bridgehead atoms. The Hall–Kier alpha value is -1.09. The van der Waals surface area contributed by atoms with Crippen molar-refractivity contribution in [2.45, 2.75) is 37.6 Å². The van der Waals surface area contributed by atoms with Gasteiger partial charge in [0.2, 0.25) is 0 Å². The van der Waals surface area contributed by atoms with Crippen LogP contribution in [0.2, 0.25) is 0 Å². The molecule has 2 aromatic heterocycles. The quantitative estimate of drug-likeness (QED) is 0.747. The lowest BCUT2D eigenvalue weighted by Crippen LogP contribution is -2.19. The average molecular weight is 236 g/mol. The van der Waals surface area contributed by atoms with Gasteiger partial charge in [-0.15, -0.1) is 11.6 Å². The van der Waals surface area contributed by atoms with Gasteiger partial charge in [-0.2, -0.15) is 0 Å².